The Hall–Kier alpha value is -1.10. The Balaban J connectivity index is 1.98. The molecule has 0 aliphatic carbocycles. The zero-order valence-corrected chi connectivity index (χ0v) is 8.80. The van der Waals surface area contributed by atoms with Crippen LogP contribution in [-0.4, -0.2) is 29.1 Å². The van der Waals surface area contributed by atoms with Gasteiger partial charge in [-0.2, -0.15) is 0 Å². The highest BCUT2D eigenvalue weighted by Gasteiger charge is 2.19. The summed E-state index contributed by atoms with van der Waals surface area (Å²) in [5, 5.41) is 0. The van der Waals surface area contributed by atoms with Gasteiger partial charge in [0.2, 0.25) is 0 Å². The van der Waals surface area contributed by atoms with Crippen LogP contribution in [0, 0.1) is 11.6 Å². The molecule has 1 fully saturated rings. The molecular weight excluding hydrogens is 217 g/mol. The lowest BCUT2D eigenvalue weighted by molar-refractivity contribution is 0.143. The van der Waals surface area contributed by atoms with Crippen LogP contribution in [0.2, 0.25) is 0 Å². The van der Waals surface area contributed by atoms with Gasteiger partial charge in [-0.05, 0) is 12.8 Å². The number of aromatic nitrogens is 1. The number of rotatable bonds is 2. The average Bonchev–Trinajstić information content (AvgIpc) is 2.25. The summed E-state index contributed by atoms with van der Waals surface area (Å²) in [6.07, 6.45) is 1.20. The van der Waals surface area contributed by atoms with Gasteiger partial charge >= 0.3 is 0 Å². The van der Waals surface area contributed by atoms with Crippen molar-refractivity contribution in [2.75, 3.05) is 13.1 Å². The van der Waals surface area contributed by atoms with Crippen molar-refractivity contribution in [2.24, 2.45) is 0 Å². The summed E-state index contributed by atoms with van der Waals surface area (Å²) < 4.78 is 38.8. The quantitative estimate of drug-likeness (QED) is 0.775. The smallest absolute Gasteiger partial charge is 0.148 e. The molecule has 2 nitrogen and oxygen atoms in total. The summed E-state index contributed by atoms with van der Waals surface area (Å²) >= 11 is 0. The van der Waals surface area contributed by atoms with Gasteiger partial charge in [-0.1, -0.05) is 0 Å². The van der Waals surface area contributed by atoms with Crippen molar-refractivity contribution in [3.63, 3.8) is 0 Å². The van der Waals surface area contributed by atoms with Crippen molar-refractivity contribution in [3.05, 3.63) is 29.6 Å². The van der Waals surface area contributed by atoms with E-state index in [0.29, 0.717) is 32.5 Å². The first-order chi connectivity index (χ1) is 7.65. The Labute approximate surface area is 92.1 Å². The minimum Gasteiger partial charge on any atom is -0.297 e. The topological polar surface area (TPSA) is 16.1 Å². The summed E-state index contributed by atoms with van der Waals surface area (Å²) in [6.45, 7) is 1.51. The second-order valence-electron chi connectivity index (χ2n) is 4.03. The van der Waals surface area contributed by atoms with Crippen molar-refractivity contribution in [1.82, 2.24) is 9.88 Å². The number of nitrogens with zero attached hydrogens (tertiary/aromatic N) is 2. The molecule has 88 valence electrons. The number of hydrogen-bond donors (Lipinski definition) is 0. The molecule has 0 atom stereocenters. The highest BCUT2D eigenvalue weighted by molar-refractivity contribution is 5.08. The molecule has 2 rings (SSSR count). The van der Waals surface area contributed by atoms with E-state index in [-0.39, 0.29) is 5.69 Å². The van der Waals surface area contributed by atoms with Crippen molar-refractivity contribution >= 4 is 0 Å². The number of hydrogen-bond acceptors (Lipinski definition) is 2. The summed E-state index contributed by atoms with van der Waals surface area (Å²) in [4.78, 5) is 5.64. The first kappa shape index (κ1) is 11.4. The van der Waals surface area contributed by atoms with Crippen LogP contribution in [0.4, 0.5) is 13.2 Å². The number of pyridine rings is 1. The molecule has 1 aliphatic rings. The third-order valence-corrected chi connectivity index (χ3v) is 2.77. The van der Waals surface area contributed by atoms with E-state index in [2.05, 4.69) is 4.98 Å². The van der Waals surface area contributed by atoms with Crippen LogP contribution >= 0.6 is 0 Å². The van der Waals surface area contributed by atoms with Crippen molar-refractivity contribution in [3.8, 4) is 0 Å². The maximum absolute atomic E-state index is 13.3. The van der Waals surface area contributed by atoms with Gasteiger partial charge in [-0.3, -0.25) is 9.88 Å². The lowest BCUT2D eigenvalue weighted by atomic mass is 10.1. The largest absolute Gasteiger partial charge is 0.297 e. The molecule has 1 aromatic heterocycles. The molecule has 0 saturated carbocycles. The van der Waals surface area contributed by atoms with E-state index in [9.17, 15) is 13.2 Å². The number of likely N-dealkylation sites (tertiary alicyclic amines) is 1. The molecule has 5 heteroatoms. The molecule has 0 bridgehead atoms. The molecular formula is C11H13F3N2. The third-order valence-electron chi connectivity index (χ3n) is 2.77. The minimum atomic E-state index is -0.748. The molecule has 16 heavy (non-hydrogen) atoms. The zero-order valence-electron chi connectivity index (χ0n) is 8.80. The number of alkyl halides is 1. The SMILES string of the molecule is Fc1cnc(CN2CCC(F)CC2)c(F)c1. The van der Waals surface area contributed by atoms with Crippen LogP contribution in [0.5, 0.6) is 0 Å². The van der Waals surface area contributed by atoms with Gasteiger partial charge < -0.3 is 0 Å². The van der Waals surface area contributed by atoms with E-state index in [4.69, 9.17) is 0 Å². The van der Waals surface area contributed by atoms with Crippen LogP contribution in [-0.2, 0) is 6.54 Å². The highest BCUT2D eigenvalue weighted by Crippen LogP contribution is 2.16. The lowest BCUT2D eigenvalue weighted by Gasteiger charge is -2.28. The van der Waals surface area contributed by atoms with Crippen molar-refractivity contribution in [1.29, 1.82) is 0 Å². The summed E-state index contributed by atoms with van der Waals surface area (Å²) in [5.74, 6) is -1.31. The summed E-state index contributed by atoms with van der Waals surface area (Å²) in [7, 11) is 0. The predicted octanol–water partition coefficient (Wildman–Crippen LogP) is 2.29. The third kappa shape index (κ3) is 2.72. The molecule has 0 amide bonds. The number of halogens is 3. The molecule has 1 saturated heterocycles. The van der Waals surface area contributed by atoms with Crippen LogP contribution in [0.15, 0.2) is 12.3 Å². The first-order valence-corrected chi connectivity index (χ1v) is 5.31. The zero-order chi connectivity index (χ0) is 11.5. The van der Waals surface area contributed by atoms with Crippen LogP contribution in [0.1, 0.15) is 18.5 Å². The predicted molar refractivity (Wildman–Crippen MR) is 53.6 cm³/mol. The molecule has 0 unspecified atom stereocenters. The first-order valence-electron chi connectivity index (χ1n) is 5.31. The molecule has 1 aliphatic heterocycles. The average molecular weight is 230 g/mol. The van der Waals surface area contributed by atoms with E-state index >= 15 is 0 Å². The second kappa shape index (κ2) is 4.82. The molecule has 1 aromatic rings. The van der Waals surface area contributed by atoms with Crippen molar-refractivity contribution < 1.29 is 13.2 Å². The Kier molecular flexibility index (Phi) is 3.43. The van der Waals surface area contributed by atoms with E-state index in [1.165, 1.54) is 0 Å². The standard InChI is InChI=1S/C11H13F3N2/c12-8-1-3-16(4-2-8)7-11-10(14)5-9(13)6-15-11/h5-6,8H,1-4,7H2. The van der Waals surface area contributed by atoms with E-state index in [1.54, 1.807) is 0 Å². The molecule has 0 spiro atoms. The molecule has 0 radical (unpaired) electrons. The highest BCUT2D eigenvalue weighted by atomic mass is 19.1. The molecule has 0 aromatic carbocycles. The Morgan fingerprint density at radius 1 is 1.31 bits per heavy atom. The second-order valence-corrected chi connectivity index (χ2v) is 4.03. The van der Waals surface area contributed by atoms with Crippen molar-refractivity contribution in [2.45, 2.75) is 25.6 Å². The number of piperidine rings is 1. The van der Waals surface area contributed by atoms with Crippen LogP contribution in [0.3, 0.4) is 0 Å². The van der Waals surface area contributed by atoms with Crippen LogP contribution in [0.25, 0.3) is 0 Å². The monoisotopic (exact) mass is 230 g/mol. The molecule has 0 N–H and O–H groups in total. The fourth-order valence-corrected chi connectivity index (χ4v) is 1.83. The molecule has 2 heterocycles. The maximum atomic E-state index is 13.3. The van der Waals surface area contributed by atoms with Crippen LogP contribution < -0.4 is 0 Å². The van der Waals surface area contributed by atoms with Gasteiger partial charge in [-0.25, -0.2) is 13.2 Å². The Bertz CT molecular complexity index is 362. The Morgan fingerprint density at radius 3 is 2.62 bits per heavy atom. The van der Waals surface area contributed by atoms with Gasteiger partial charge in [0, 0.05) is 25.7 Å². The lowest BCUT2D eigenvalue weighted by Crippen LogP contribution is -2.34. The van der Waals surface area contributed by atoms with Gasteiger partial charge in [0.15, 0.2) is 0 Å². The van der Waals surface area contributed by atoms with Gasteiger partial charge in [0.05, 0.1) is 11.9 Å². The van der Waals surface area contributed by atoms with E-state index in [1.807, 2.05) is 4.90 Å². The van der Waals surface area contributed by atoms with Gasteiger partial charge in [-0.15, -0.1) is 0 Å². The maximum Gasteiger partial charge on any atom is 0.148 e. The van der Waals surface area contributed by atoms with E-state index in [0.717, 1.165) is 12.3 Å². The fourth-order valence-electron chi connectivity index (χ4n) is 1.83. The van der Waals surface area contributed by atoms with Gasteiger partial charge in [0.25, 0.3) is 0 Å². The fraction of sp³-hybridized carbons (Fsp3) is 0.545. The summed E-state index contributed by atoms with van der Waals surface area (Å²) in [6, 6.07) is 0.824. The van der Waals surface area contributed by atoms with E-state index < -0.39 is 17.8 Å². The Morgan fingerprint density at radius 2 is 2.00 bits per heavy atom. The van der Waals surface area contributed by atoms with Gasteiger partial charge in [0.1, 0.15) is 17.8 Å². The normalized spacial score (nSPS) is 18.9. The summed E-state index contributed by atoms with van der Waals surface area (Å²) in [5.41, 5.74) is 0.221. The minimum absolute atomic E-state index is 0.221.